The van der Waals surface area contributed by atoms with Gasteiger partial charge in [0.15, 0.2) is 0 Å². The number of rotatable bonds is 3. The smallest absolute Gasteiger partial charge is 0.308 e. The lowest BCUT2D eigenvalue weighted by Crippen LogP contribution is -2.52. The number of nitrogens with zero attached hydrogens (tertiary/aromatic N) is 2. The molecule has 0 saturated carbocycles. The molecule has 0 aromatic carbocycles. The second kappa shape index (κ2) is 5.88. The lowest BCUT2D eigenvalue weighted by atomic mass is 10.0. The zero-order chi connectivity index (χ0) is 14.0. The topological polar surface area (TPSA) is 70.1 Å². The van der Waals surface area contributed by atoms with Crippen LogP contribution in [0, 0.1) is 5.92 Å². The van der Waals surface area contributed by atoms with Gasteiger partial charge < -0.3 is 14.7 Å². The molecule has 3 unspecified atom stereocenters. The monoisotopic (exact) mass is 270 g/mol. The van der Waals surface area contributed by atoms with Crippen molar-refractivity contribution in [2.24, 2.45) is 5.92 Å². The number of morpholine rings is 1. The first-order valence-electron chi connectivity index (χ1n) is 6.87. The van der Waals surface area contributed by atoms with E-state index >= 15 is 0 Å². The maximum Gasteiger partial charge on any atom is 0.308 e. The summed E-state index contributed by atoms with van der Waals surface area (Å²) < 4.78 is 5.24. The van der Waals surface area contributed by atoms with Crippen molar-refractivity contribution in [3.05, 3.63) is 0 Å². The average molecular weight is 270 g/mol. The van der Waals surface area contributed by atoms with Crippen LogP contribution in [0.15, 0.2) is 0 Å². The van der Waals surface area contributed by atoms with E-state index in [1.165, 1.54) is 0 Å². The van der Waals surface area contributed by atoms with E-state index in [4.69, 9.17) is 9.84 Å². The molecule has 19 heavy (non-hydrogen) atoms. The first-order valence-corrected chi connectivity index (χ1v) is 6.87. The van der Waals surface area contributed by atoms with Crippen molar-refractivity contribution >= 4 is 11.9 Å². The summed E-state index contributed by atoms with van der Waals surface area (Å²) in [5.41, 5.74) is 0. The summed E-state index contributed by atoms with van der Waals surface area (Å²) in [6, 6.07) is -0.338. The number of carboxylic acids is 1. The van der Waals surface area contributed by atoms with Gasteiger partial charge in [-0.3, -0.25) is 14.5 Å². The highest BCUT2D eigenvalue weighted by molar-refractivity contribution is 5.82. The van der Waals surface area contributed by atoms with Crippen LogP contribution in [0.3, 0.4) is 0 Å². The Morgan fingerprint density at radius 3 is 2.42 bits per heavy atom. The first kappa shape index (κ1) is 14.3. The summed E-state index contributed by atoms with van der Waals surface area (Å²) in [5.74, 6) is -1.04. The van der Waals surface area contributed by atoms with Gasteiger partial charge in [0.25, 0.3) is 0 Å². The number of likely N-dealkylation sites (tertiary alicyclic amines) is 1. The molecule has 6 nitrogen and oxygen atoms in total. The van der Waals surface area contributed by atoms with Crippen LogP contribution < -0.4 is 0 Å². The number of aliphatic carboxylic acids is 1. The normalized spacial score (nSPS) is 30.3. The molecule has 2 aliphatic rings. The maximum absolute atomic E-state index is 12.4. The number of amides is 1. The summed E-state index contributed by atoms with van der Waals surface area (Å²) in [6.45, 7) is 6.89. The molecule has 2 fully saturated rings. The van der Waals surface area contributed by atoms with E-state index in [1.54, 1.807) is 0 Å². The Morgan fingerprint density at radius 1 is 1.26 bits per heavy atom. The molecule has 108 valence electrons. The predicted molar refractivity (Wildman–Crippen MR) is 68.8 cm³/mol. The van der Waals surface area contributed by atoms with Crippen molar-refractivity contribution in [1.82, 2.24) is 9.80 Å². The van der Waals surface area contributed by atoms with Crippen molar-refractivity contribution in [3.63, 3.8) is 0 Å². The SMILES string of the molecule is CC(C(=O)N1CCOCC1)N1CCC(C(=O)O)C1C. The number of hydrogen-bond donors (Lipinski definition) is 1. The molecular formula is C13H22N2O4. The fourth-order valence-electron chi connectivity index (χ4n) is 3.03. The third-order valence-corrected chi connectivity index (χ3v) is 4.30. The van der Waals surface area contributed by atoms with Crippen LogP contribution >= 0.6 is 0 Å². The maximum atomic E-state index is 12.4. The second-order valence-electron chi connectivity index (χ2n) is 5.33. The molecule has 0 aromatic heterocycles. The Hall–Kier alpha value is -1.14. The van der Waals surface area contributed by atoms with Crippen LogP contribution in [0.25, 0.3) is 0 Å². The van der Waals surface area contributed by atoms with Crippen molar-refractivity contribution in [1.29, 1.82) is 0 Å². The van der Waals surface area contributed by atoms with Gasteiger partial charge in [0.05, 0.1) is 25.2 Å². The van der Waals surface area contributed by atoms with Crippen molar-refractivity contribution < 1.29 is 19.4 Å². The van der Waals surface area contributed by atoms with Crippen molar-refractivity contribution in [2.75, 3.05) is 32.8 Å². The van der Waals surface area contributed by atoms with Gasteiger partial charge in [-0.1, -0.05) is 0 Å². The Bertz CT molecular complexity index is 355. The van der Waals surface area contributed by atoms with E-state index in [2.05, 4.69) is 0 Å². The van der Waals surface area contributed by atoms with Gasteiger partial charge in [0.2, 0.25) is 5.91 Å². The predicted octanol–water partition coefficient (Wildman–Crippen LogP) is 0.0287. The van der Waals surface area contributed by atoms with Crippen LogP contribution in [-0.4, -0.2) is 71.7 Å². The fraction of sp³-hybridized carbons (Fsp3) is 0.846. The minimum atomic E-state index is -0.763. The molecule has 2 rings (SSSR count). The van der Waals surface area contributed by atoms with Gasteiger partial charge >= 0.3 is 5.97 Å². The minimum absolute atomic E-state index is 0.0844. The number of carbonyl (C=O) groups excluding carboxylic acids is 1. The molecule has 2 saturated heterocycles. The van der Waals surface area contributed by atoms with Crippen LogP contribution in [-0.2, 0) is 14.3 Å². The van der Waals surface area contributed by atoms with E-state index in [-0.39, 0.29) is 23.9 Å². The van der Waals surface area contributed by atoms with E-state index in [0.29, 0.717) is 39.3 Å². The standard InChI is InChI=1S/C13H22N2O4/c1-9-11(13(17)18)3-4-15(9)10(2)12(16)14-5-7-19-8-6-14/h9-11H,3-8H2,1-2H3,(H,17,18). The van der Waals surface area contributed by atoms with Crippen molar-refractivity contribution in [2.45, 2.75) is 32.4 Å². The van der Waals surface area contributed by atoms with Crippen LogP contribution in [0.5, 0.6) is 0 Å². The molecule has 2 aliphatic heterocycles. The van der Waals surface area contributed by atoms with Gasteiger partial charge in [0.1, 0.15) is 0 Å². The van der Waals surface area contributed by atoms with Crippen LogP contribution in [0.2, 0.25) is 0 Å². The molecule has 0 aliphatic carbocycles. The number of carboxylic acid groups (broad SMARTS) is 1. The van der Waals surface area contributed by atoms with E-state index in [0.717, 1.165) is 0 Å². The molecule has 6 heteroatoms. The molecule has 0 spiro atoms. The fourth-order valence-corrected chi connectivity index (χ4v) is 3.03. The number of hydrogen-bond acceptors (Lipinski definition) is 4. The summed E-state index contributed by atoms with van der Waals surface area (Å²) in [7, 11) is 0. The highest BCUT2D eigenvalue weighted by Gasteiger charge is 2.40. The summed E-state index contributed by atoms with van der Waals surface area (Å²) in [6.07, 6.45) is 0.622. The number of ether oxygens (including phenoxy) is 1. The lowest BCUT2D eigenvalue weighted by molar-refractivity contribution is -0.145. The first-order chi connectivity index (χ1) is 9.02. The molecular weight excluding hydrogens is 248 g/mol. The van der Waals surface area contributed by atoms with E-state index in [9.17, 15) is 9.59 Å². The zero-order valence-corrected chi connectivity index (χ0v) is 11.5. The lowest BCUT2D eigenvalue weighted by Gasteiger charge is -2.34. The second-order valence-corrected chi connectivity index (χ2v) is 5.33. The zero-order valence-electron chi connectivity index (χ0n) is 11.5. The van der Waals surface area contributed by atoms with Gasteiger partial charge in [0, 0.05) is 25.7 Å². The molecule has 1 amide bonds. The largest absolute Gasteiger partial charge is 0.481 e. The minimum Gasteiger partial charge on any atom is -0.481 e. The third kappa shape index (κ3) is 2.90. The molecule has 2 heterocycles. The highest BCUT2D eigenvalue weighted by atomic mass is 16.5. The van der Waals surface area contributed by atoms with Crippen LogP contribution in [0.4, 0.5) is 0 Å². The Labute approximate surface area is 113 Å². The number of carbonyl (C=O) groups is 2. The summed E-state index contributed by atoms with van der Waals surface area (Å²) >= 11 is 0. The van der Waals surface area contributed by atoms with E-state index < -0.39 is 5.97 Å². The Morgan fingerprint density at radius 2 is 1.89 bits per heavy atom. The van der Waals surface area contributed by atoms with Gasteiger partial charge in [-0.2, -0.15) is 0 Å². The van der Waals surface area contributed by atoms with Gasteiger partial charge in [-0.05, 0) is 20.3 Å². The summed E-state index contributed by atoms with van der Waals surface area (Å²) in [5, 5.41) is 9.13. The highest BCUT2D eigenvalue weighted by Crippen LogP contribution is 2.27. The molecule has 0 aromatic rings. The summed E-state index contributed by atoms with van der Waals surface area (Å²) in [4.78, 5) is 27.3. The third-order valence-electron chi connectivity index (χ3n) is 4.30. The van der Waals surface area contributed by atoms with Crippen LogP contribution in [0.1, 0.15) is 20.3 Å². The van der Waals surface area contributed by atoms with Gasteiger partial charge in [-0.25, -0.2) is 0 Å². The molecule has 1 N–H and O–H groups in total. The quantitative estimate of drug-likeness (QED) is 0.783. The molecule has 0 bridgehead atoms. The average Bonchev–Trinajstić information content (AvgIpc) is 2.80. The Kier molecular flexibility index (Phi) is 4.42. The molecule has 0 radical (unpaired) electrons. The van der Waals surface area contributed by atoms with E-state index in [1.807, 2.05) is 23.6 Å². The Balaban J connectivity index is 1.97. The van der Waals surface area contributed by atoms with Crippen molar-refractivity contribution in [3.8, 4) is 0 Å². The van der Waals surface area contributed by atoms with Gasteiger partial charge in [-0.15, -0.1) is 0 Å². The molecule has 3 atom stereocenters.